The SMILES string of the molecule is CCC(C(=O)O)c1c(C)n(C(=O)c2ccc(F)cc2)c2ccc(OC)c(Cl)c12. The molecule has 3 aromatic rings. The van der Waals surface area contributed by atoms with Crippen molar-refractivity contribution in [3.05, 3.63) is 64.1 Å². The van der Waals surface area contributed by atoms with Crippen LogP contribution in [0.25, 0.3) is 10.9 Å². The lowest BCUT2D eigenvalue weighted by molar-refractivity contribution is -0.138. The van der Waals surface area contributed by atoms with Crippen molar-refractivity contribution >= 4 is 34.4 Å². The molecule has 0 amide bonds. The first-order valence-electron chi connectivity index (χ1n) is 8.72. The van der Waals surface area contributed by atoms with Gasteiger partial charge in [-0.25, -0.2) is 4.39 Å². The van der Waals surface area contributed by atoms with E-state index in [2.05, 4.69) is 0 Å². The van der Waals surface area contributed by atoms with Gasteiger partial charge in [-0.15, -0.1) is 0 Å². The molecule has 1 unspecified atom stereocenters. The van der Waals surface area contributed by atoms with Gasteiger partial charge >= 0.3 is 5.97 Å². The van der Waals surface area contributed by atoms with Crippen molar-refractivity contribution in [1.82, 2.24) is 4.57 Å². The second kappa shape index (κ2) is 7.64. The Labute approximate surface area is 166 Å². The Morgan fingerprint density at radius 2 is 1.86 bits per heavy atom. The molecule has 0 fully saturated rings. The molecular weight excluding hydrogens is 385 g/mol. The summed E-state index contributed by atoms with van der Waals surface area (Å²) in [6.07, 6.45) is 0.327. The molecular formula is C21H19ClFNO4. The zero-order chi connectivity index (χ0) is 20.6. The van der Waals surface area contributed by atoms with Crippen molar-refractivity contribution in [3.63, 3.8) is 0 Å². The molecule has 0 aliphatic rings. The van der Waals surface area contributed by atoms with Crippen LogP contribution < -0.4 is 4.74 Å². The number of methoxy groups -OCH3 is 1. The summed E-state index contributed by atoms with van der Waals surface area (Å²) in [5.74, 6) is -2.29. The van der Waals surface area contributed by atoms with E-state index in [4.69, 9.17) is 16.3 Å². The summed E-state index contributed by atoms with van der Waals surface area (Å²) in [5, 5.41) is 10.4. The fourth-order valence-corrected chi connectivity index (χ4v) is 3.88. The molecule has 146 valence electrons. The highest BCUT2D eigenvalue weighted by Gasteiger charge is 2.30. The van der Waals surface area contributed by atoms with Gasteiger partial charge in [0.2, 0.25) is 0 Å². The smallest absolute Gasteiger partial charge is 0.311 e. The fourth-order valence-electron chi connectivity index (χ4n) is 3.54. The van der Waals surface area contributed by atoms with Crippen LogP contribution in [-0.4, -0.2) is 28.7 Å². The number of aromatic nitrogens is 1. The van der Waals surface area contributed by atoms with Crippen molar-refractivity contribution in [1.29, 1.82) is 0 Å². The highest BCUT2D eigenvalue weighted by molar-refractivity contribution is 6.37. The summed E-state index contributed by atoms with van der Waals surface area (Å²) in [6, 6.07) is 8.50. The molecule has 5 nitrogen and oxygen atoms in total. The van der Waals surface area contributed by atoms with Crippen molar-refractivity contribution < 1.29 is 23.8 Å². The first-order chi connectivity index (χ1) is 13.3. The van der Waals surface area contributed by atoms with Crippen LogP contribution in [0.2, 0.25) is 5.02 Å². The summed E-state index contributed by atoms with van der Waals surface area (Å²) in [5.41, 5.74) is 1.72. The van der Waals surface area contributed by atoms with Gasteiger partial charge in [-0.2, -0.15) is 0 Å². The quantitative estimate of drug-likeness (QED) is 0.649. The van der Waals surface area contributed by atoms with Gasteiger partial charge in [0, 0.05) is 16.6 Å². The molecule has 1 N–H and O–H groups in total. The van der Waals surface area contributed by atoms with Crippen LogP contribution in [-0.2, 0) is 4.79 Å². The molecule has 0 aliphatic heterocycles. The van der Waals surface area contributed by atoms with Crippen LogP contribution in [0, 0.1) is 12.7 Å². The number of nitrogens with zero attached hydrogens (tertiary/aromatic N) is 1. The summed E-state index contributed by atoms with van der Waals surface area (Å²) < 4.78 is 20.0. The monoisotopic (exact) mass is 403 g/mol. The van der Waals surface area contributed by atoms with Crippen LogP contribution in [0.1, 0.15) is 40.9 Å². The summed E-state index contributed by atoms with van der Waals surface area (Å²) >= 11 is 6.52. The van der Waals surface area contributed by atoms with E-state index in [1.54, 1.807) is 26.0 Å². The largest absolute Gasteiger partial charge is 0.495 e. The Balaban J connectivity index is 2.36. The molecule has 1 atom stereocenters. The predicted molar refractivity (Wildman–Crippen MR) is 105 cm³/mol. The Hall–Kier alpha value is -2.86. The molecule has 1 aromatic heterocycles. The zero-order valence-corrected chi connectivity index (χ0v) is 16.4. The number of carboxylic acids is 1. The predicted octanol–water partition coefficient (Wildman–Crippen LogP) is 5.02. The lowest BCUT2D eigenvalue weighted by atomic mass is 9.93. The summed E-state index contributed by atoms with van der Waals surface area (Å²) in [4.78, 5) is 25.0. The Kier molecular flexibility index (Phi) is 5.42. The number of carbonyl (C=O) groups excluding carboxylic acids is 1. The van der Waals surface area contributed by atoms with Crippen LogP contribution >= 0.6 is 11.6 Å². The Morgan fingerprint density at radius 1 is 1.21 bits per heavy atom. The van der Waals surface area contributed by atoms with E-state index in [0.29, 0.717) is 34.3 Å². The van der Waals surface area contributed by atoms with Gasteiger partial charge < -0.3 is 9.84 Å². The normalized spacial score (nSPS) is 12.2. The maximum Gasteiger partial charge on any atom is 0.311 e. The van der Waals surface area contributed by atoms with E-state index in [1.807, 2.05) is 0 Å². The highest BCUT2D eigenvalue weighted by atomic mass is 35.5. The van der Waals surface area contributed by atoms with Gasteiger partial charge in [-0.1, -0.05) is 18.5 Å². The van der Waals surface area contributed by atoms with Gasteiger partial charge in [0.25, 0.3) is 5.91 Å². The van der Waals surface area contributed by atoms with Gasteiger partial charge in [0.15, 0.2) is 0 Å². The maximum absolute atomic E-state index is 13.3. The fraction of sp³-hybridized carbons (Fsp3) is 0.238. The van der Waals surface area contributed by atoms with Crippen molar-refractivity contribution in [2.75, 3.05) is 7.11 Å². The maximum atomic E-state index is 13.3. The summed E-state index contributed by atoms with van der Waals surface area (Å²) in [7, 11) is 1.47. The first kappa shape index (κ1) is 19.9. The lowest BCUT2D eigenvalue weighted by Crippen LogP contribution is -2.16. The molecule has 0 spiro atoms. The minimum Gasteiger partial charge on any atom is -0.495 e. The zero-order valence-electron chi connectivity index (χ0n) is 15.6. The third-order valence-corrected chi connectivity index (χ3v) is 5.26. The minimum atomic E-state index is -1.00. The number of aliphatic carboxylic acids is 1. The van der Waals surface area contributed by atoms with E-state index in [1.165, 1.54) is 35.9 Å². The number of fused-ring (bicyclic) bond motifs is 1. The molecule has 0 bridgehead atoms. The van der Waals surface area contributed by atoms with E-state index in [9.17, 15) is 19.1 Å². The topological polar surface area (TPSA) is 68.5 Å². The number of rotatable bonds is 5. The standard InChI is InChI=1S/C21H19ClFNO4/c1-4-14(21(26)27)17-11(2)24(20(25)12-5-7-13(23)8-6-12)15-9-10-16(28-3)19(22)18(15)17/h5-10,14H,4H2,1-3H3,(H,26,27). The minimum absolute atomic E-state index is 0.253. The van der Waals surface area contributed by atoms with E-state index >= 15 is 0 Å². The van der Waals surface area contributed by atoms with Crippen molar-refractivity contribution in [2.24, 2.45) is 0 Å². The Morgan fingerprint density at radius 3 is 2.39 bits per heavy atom. The third kappa shape index (κ3) is 3.14. The van der Waals surface area contributed by atoms with Gasteiger partial charge in [0.1, 0.15) is 11.6 Å². The second-order valence-electron chi connectivity index (χ2n) is 6.42. The molecule has 7 heteroatoms. The van der Waals surface area contributed by atoms with Crippen LogP contribution in [0.4, 0.5) is 4.39 Å². The molecule has 1 heterocycles. The van der Waals surface area contributed by atoms with Crippen LogP contribution in [0.5, 0.6) is 5.75 Å². The van der Waals surface area contributed by atoms with E-state index in [-0.39, 0.29) is 10.6 Å². The van der Waals surface area contributed by atoms with Crippen molar-refractivity contribution in [3.8, 4) is 5.75 Å². The molecule has 2 aromatic carbocycles. The number of carboxylic acid groups (broad SMARTS) is 1. The third-order valence-electron chi connectivity index (χ3n) is 4.89. The summed E-state index contributed by atoms with van der Waals surface area (Å²) in [6.45, 7) is 3.45. The van der Waals surface area contributed by atoms with Crippen LogP contribution in [0.3, 0.4) is 0 Å². The number of carbonyl (C=O) groups is 2. The molecule has 0 saturated carbocycles. The van der Waals surface area contributed by atoms with Crippen LogP contribution in [0.15, 0.2) is 36.4 Å². The molecule has 28 heavy (non-hydrogen) atoms. The number of benzene rings is 2. The molecule has 3 rings (SSSR count). The van der Waals surface area contributed by atoms with Crippen molar-refractivity contribution in [2.45, 2.75) is 26.2 Å². The van der Waals surface area contributed by atoms with Gasteiger partial charge in [-0.3, -0.25) is 14.2 Å². The average Bonchev–Trinajstić information content (AvgIpc) is 2.95. The van der Waals surface area contributed by atoms with E-state index in [0.717, 1.165) is 0 Å². The second-order valence-corrected chi connectivity index (χ2v) is 6.80. The lowest BCUT2D eigenvalue weighted by Gasteiger charge is -2.12. The number of ether oxygens (including phenoxy) is 1. The van der Waals surface area contributed by atoms with Gasteiger partial charge in [-0.05, 0) is 55.3 Å². The number of halogens is 2. The number of hydrogen-bond acceptors (Lipinski definition) is 3. The molecule has 0 radical (unpaired) electrons. The first-order valence-corrected chi connectivity index (χ1v) is 9.10. The average molecular weight is 404 g/mol. The molecule has 0 aliphatic carbocycles. The Bertz CT molecular complexity index is 1070. The highest BCUT2D eigenvalue weighted by Crippen LogP contribution is 2.42. The van der Waals surface area contributed by atoms with E-state index < -0.39 is 23.6 Å². The van der Waals surface area contributed by atoms with Gasteiger partial charge in [0.05, 0.1) is 23.6 Å². The molecule has 0 saturated heterocycles. The number of hydrogen-bond donors (Lipinski definition) is 1.